The van der Waals surface area contributed by atoms with Crippen molar-refractivity contribution in [1.82, 2.24) is 5.32 Å². The van der Waals surface area contributed by atoms with Crippen LogP contribution in [0.3, 0.4) is 0 Å². The molecule has 1 aromatic rings. The Morgan fingerprint density at radius 2 is 1.80 bits per heavy atom. The van der Waals surface area contributed by atoms with Crippen LogP contribution >= 0.6 is 12.4 Å². The van der Waals surface area contributed by atoms with Gasteiger partial charge >= 0.3 is 6.18 Å². The molecule has 3 unspecified atom stereocenters. The van der Waals surface area contributed by atoms with Crippen molar-refractivity contribution >= 4 is 12.4 Å². The van der Waals surface area contributed by atoms with Crippen LogP contribution in [0.1, 0.15) is 30.4 Å². The van der Waals surface area contributed by atoms with Gasteiger partial charge in [-0.15, -0.1) is 12.4 Å². The quantitative estimate of drug-likeness (QED) is 0.897. The highest BCUT2D eigenvalue weighted by Gasteiger charge is 2.33. The number of hydrogen-bond donors (Lipinski definition) is 1. The highest BCUT2D eigenvalue weighted by molar-refractivity contribution is 5.85. The van der Waals surface area contributed by atoms with Gasteiger partial charge in [0.15, 0.2) is 0 Å². The molecule has 1 fully saturated rings. The zero-order valence-corrected chi connectivity index (χ0v) is 12.2. The molecular weight excluding hydrogens is 291 g/mol. The average molecular weight is 310 g/mol. The van der Waals surface area contributed by atoms with Crippen molar-refractivity contribution in [2.45, 2.75) is 31.7 Å². The summed E-state index contributed by atoms with van der Waals surface area (Å²) in [5.41, 5.74) is 0.352. The van der Waals surface area contributed by atoms with Gasteiger partial charge in [0.1, 0.15) is 6.23 Å². The molecule has 1 heterocycles. The van der Waals surface area contributed by atoms with Gasteiger partial charge in [-0.2, -0.15) is 13.2 Å². The van der Waals surface area contributed by atoms with Crippen molar-refractivity contribution in [1.29, 1.82) is 0 Å². The zero-order chi connectivity index (χ0) is 14.0. The smallest absolute Gasteiger partial charge is 0.366 e. The maximum atomic E-state index is 12.5. The van der Waals surface area contributed by atoms with E-state index in [9.17, 15) is 13.2 Å². The Kier molecular flexibility index (Phi) is 5.86. The van der Waals surface area contributed by atoms with E-state index in [2.05, 4.69) is 12.2 Å². The molecule has 1 aliphatic rings. The predicted molar refractivity (Wildman–Crippen MR) is 74.0 cm³/mol. The highest BCUT2D eigenvalue weighted by atomic mass is 35.5. The number of halogens is 4. The summed E-state index contributed by atoms with van der Waals surface area (Å²) >= 11 is 0. The minimum atomic E-state index is -4.27. The third-order valence-electron chi connectivity index (χ3n) is 3.83. The maximum absolute atomic E-state index is 12.5. The number of nitrogens with one attached hydrogen (secondary N) is 1. The highest BCUT2D eigenvalue weighted by Crippen LogP contribution is 2.35. The number of hydrogen-bond acceptors (Lipinski definition) is 2. The largest absolute Gasteiger partial charge is 0.416 e. The second-order valence-electron chi connectivity index (χ2n) is 4.98. The standard InChI is InChI=1S/C14H18F3NO.ClH/c1-9-12(7-8-18-13(9)19-2)10-3-5-11(6-4-10)14(15,16)17;/h3-6,9,12-13,18H,7-8H2,1-2H3;1H. The Labute approximate surface area is 123 Å². The molecule has 0 aromatic heterocycles. The van der Waals surface area contributed by atoms with Crippen molar-refractivity contribution in [3.63, 3.8) is 0 Å². The van der Waals surface area contributed by atoms with Crippen LogP contribution in [0.5, 0.6) is 0 Å². The SMILES string of the molecule is COC1NCCC(c2ccc(C(F)(F)F)cc2)C1C.Cl. The number of benzene rings is 1. The fourth-order valence-electron chi connectivity index (χ4n) is 2.73. The molecule has 2 rings (SSSR count). The lowest BCUT2D eigenvalue weighted by atomic mass is 9.81. The molecule has 3 atom stereocenters. The molecule has 0 spiro atoms. The van der Waals surface area contributed by atoms with E-state index in [1.165, 1.54) is 0 Å². The lowest BCUT2D eigenvalue weighted by Crippen LogP contribution is -2.45. The molecule has 1 N–H and O–H groups in total. The molecule has 0 aliphatic carbocycles. The molecule has 114 valence electrons. The van der Waals surface area contributed by atoms with E-state index in [1.54, 1.807) is 19.2 Å². The monoisotopic (exact) mass is 309 g/mol. The van der Waals surface area contributed by atoms with Gasteiger partial charge in [0.05, 0.1) is 5.56 Å². The average Bonchev–Trinajstić information content (AvgIpc) is 2.38. The van der Waals surface area contributed by atoms with E-state index in [4.69, 9.17) is 4.74 Å². The van der Waals surface area contributed by atoms with Crippen molar-refractivity contribution in [3.05, 3.63) is 35.4 Å². The van der Waals surface area contributed by atoms with Gasteiger partial charge in [-0.05, 0) is 36.6 Å². The molecule has 0 bridgehead atoms. The lowest BCUT2D eigenvalue weighted by Gasteiger charge is -2.36. The Balaban J connectivity index is 0.00000200. The molecule has 1 aromatic carbocycles. The van der Waals surface area contributed by atoms with Crippen molar-refractivity contribution in [3.8, 4) is 0 Å². The first-order valence-electron chi connectivity index (χ1n) is 6.37. The number of methoxy groups -OCH3 is 1. The summed E-state index contributed by atoms with van der Waals surface area (Å²) in [5.74, 6) is 0.462. The molecule has 0 amide bonds. The number of rotatable bonds is 2. The Hall–Kier alpha value is -0.780. The summed E-state index contributed by atoms with van der Waals surface area (Å²) in [6, 6.07) is 5.49. The minimum absolute atomic E-state index is 0. The van der Waals surface area contributed by atoms with Crippen LogP contribution < -0.4 is 5.32 Å². The normalized spacial score (nSPS) is 26.9. The maximum Gasteiger partial charge on any atom is 0.416 e. The van der Waals surface area contributed by atoms with E-state index in [-0.39, 0.29) is 30.5 Å². The fourth-order valence-corrected chi connectivity index (χ4v) is 2.73. The van der Waals surface area contributed by atoms with Crippen molar-refractivity contribution < 1.29 is 17.9 Å². The van der Waals surface area contributed by atoms with E-state index >= 15 is 0 Å². The fraction of sp³-hybridized carbons (Fsp3) is 0.571. The summed E-state index contributed by atoms with van der Waals surface area (Å²) < 4.78 is 42.9. The van der Waals surface area contributed by atoms with Gasteiger partial charge in [-0.3, -0.25) is 5.32 Å². The number of alkyl halides is 3. The summed E-state index contributed by atoms with van der Waals surface area (Å²) in [7, 11) is 1.64. The van der Waals surface area contributed by atoms with Crippen LogP contribution in [0.2, 0.25) is 0 Å². The summed E-state index contributed by atoms with van der Waals surface area (Å²) in [5, 5.41) is 3.25. The van der Waals surface area contributed by atoms with E-state index in [0.717, 1.165) is 30.7 Å². The van der Waals surface area contributed by atoms with E-state index in [0.29, 0.717) is 0 Å². The van der Waals surface area contributed by atoms with Crippen LogP contribution in [-0.2, 0) is 10.9 Å². The molecular formula is C14H19ClF3NO. The van der Waals surface area contributed by atoms with Gasteiger partial charge in [0.2, 0.25) is 0 Å². The van der Waals surface area contributed by atoms with Gasteiger partial charge < -0.3 is 4.74 Å². The van der Waals surface area contributed by atoms with E-state index < -0.39 is 11.7 Å². The molecule has 0 radical (unpaired) electrons. The van der Waals surface area contributed by atoms with Crippen molar-refractivity contribution in [2.75, 3.05) is 13.7 Å². The first-order chi connectivity index (χ1) is 8.93. The van der Waals surface area contributed by atoms with Gasteiger partial charge in [0.25, 0.3) is 0 Å². The molecule has 1 aliphatic heterocycles. The molecule has 1 saturated heterocycles. The molecule has 2 nitrogen and oxygen atoms in total. The lowest BCUT2D eigenvalue weighted by molar-refractivity contribution is -0.137. The van der Waals surface area contributed by atoms with Gasteiger partial charge in [-0.1, -0.05) is 19.1 Å². The van der Waals surface area contributed by atoms with Gasteiger partial charge in [-0.25, -0.2) is 0 Å². The second kappa shape index (κ2) is 6.78. The summed E-state index contributed by atoms with van der Waals surface area (Å²) in [6.45, 7) is 2.87. The summed E-state index contributed by atoms with van der Waals surface area (Å²) in [6.07, 6.45) is -3.40. The number of ether oxygens (including phenoxy) is 1. The number of piperidine rings is 1. The van der Waals surface area contributed by atoms with Crippen LogP contribution in [0, 0.1) is 5.92 Å². The molecule has 0 saturated carbocycles. The Morgan fingerprint density at radius 1 is 1.20 bits per heavy atom. The topological polar surface area (TPSA) is 21.3 Å². The second-order valence-corrected chi connectivity index (χ2v) is 4.98. The predicted octanol–water partition coefficient (Wildman–Crippen LogP) is 3.81. The molecule has 20 heavy (non-hydrogen) atoms. The first-order valence-corrected chi connectivity index (χ1v) is 6.37. The third kappa shape index (κ3) is 3.65. The minimum Gasteiger partial charge on any atom is -0.366 e. The van der Waals surface area contributed by atoms with E-state index in [1.807, 2.05) is 0 Å². The van der Waals surface area contributed by atoms with Crippen molar-refractivity contribution in [2.24, 2.45) is 5.92 Å². The molecule has 6 heteroatoms. The van der Waals surface area contributed by atoms with Crippen LogP contribution in [0.15, 0.2) is 24.3 Å². The Bertz CT molecular complexity index is 421. The first kappa shape index (κ1) is 17.3. The van der Waals surface area contributed by atoms with Crippen LogP contribution in [-0.4, -0.2) is 19.9 Å². The van der Waals surface area contributed by atoms with Gasteiger partial charge in [0, 0.05) is 13.0 Å². The zero-order valence-electron chi connectivity index (χ0n) is 11.4. The Morgan fingerprint density at radius 3 is 2.30 bits per heavy atom. The third-order valence-corrected chi connectivity index (χ3v) is 3.83. The van der Waals surface area contributed by atoms with Crippen LogP contribution in [0.25, 0.3) is 0 Å². The van der Waals surface area contributed by atoms with Crippen LogP contribution in [0.4, 0.5) is 13.2 Å². The summed E-state index contributed by atoms with van der Waals surface area (Å²) in [4.78, 5) is 0.